The van der Waals surface area contributed by atoms with Gasteiger partial charge in [-0.25, -0.2) is 8.42 Å². The van der Waals surface area contributed by atoms with Crippen LogP contribution in [-0.2, 0) is 19.3 Å². The highest BCUT2D eigenvalue weighted by molar-refractivity contribution is 7.91. The molecule has 110 valence electrons. The zero-order chi connectivity index (χ0) is 14.2. The van der Waals surface area contributed by atoms with Crippen molar-refractivity contribution < 1.29 is 17.9 Å². The van der Waals surface area contributed by atoms with Crippen molar-refractivity contribution in [3.63, 3.8) is 0 Å². The Hall–Kier alpha value is 0.410. The van der Waals surface area contributed by atoms with E-state index >= 15 is 0 Å². The third kappa shape index (κ3) is 8.50. The number of nitrogens with zero attached hydrogens (tertiary/aromatic N) is 1. The molecule has 5 nitrogen and oxygen atoms in total. The van der Waals surface area contributed by atoms with Crippen LogP contribution >= 0.6 is 23.6 Å². The van der Waals surface area contributed by atoms with E-state index in [1.54, 1.807) is 13.8 Å². The molecule has 0 aromatic heterocycles. The summed E-state index contributed by atoms with van der Waals surface area (Å²) in [6.45, 7) is 6.83. The fourth-order valence-corrected chi connectivity index (χ4v) is 3.19. The topological polar surface area (TPSA) is 55.8 Å². The van der Waals surface area contributed by atoms with Gasteiger partial charge in [0.25, 0.3) is 0 Å². The van der Waals surface area contributed by atoms with Crippen LogP contribution in [-0.4, -0.2) is 55.8 Å². The fraction of sp³-hybridized carbons (Fsp3) is 1.00. The van der Waals surface area contributed by atoms with Gasteiger partial charge >= 0.3 is 0 Å². The van der Waals surface area contributed by atoms with Gasteiger partial charge in [0, 0.05) is 6.61 Å². The molecule has 0 N–H and O–H groups in total. The second kappa shape index (κ2) is 8.55. The SMILES string of the molecule is CCOCCOCCS(=O)(=O)CC(C)(C)N(Cl)Cl. The molecular weight excluding hydrogens is 301 g/mol. The molecule has 0 atom stereocenters. The molecule has 0 aliphatic heterocycles. The van der Waals surface area contributed by atoms with Gasteiger partial charge in [0.15, 0.2) is 9.84 Å². The third-order valence-electron chi connectivity index (χ3n) is 2.15. The average Bonchev–Trinajstić information content (AvgIpc) is 2.21. The number of rotatable bonds is 10. The highest BCUT2D eigenvalue weighted by Gasteiger charge is 2.30. The van der Waals surface area contributed by atoms with E-state index in [4.69, 9.17) is 33.0 Å². The van der Waals surface area contributed by atoms with Crippen LogP contribution < -0.4 is 0 Å². The van der Waals surface area contributed by atoms with Crippen LogP contribution in [0.3, 0.4) is 0 Å². The molecule has 0 aromatic carbocycles. The Kier molecular flexibility index (Phi) is 8.75. The standard InChI is InChI=1S/C10H21Cl2NO4S/c1-4-16-5-6-17-7-8-18(14,15)9-10(2,3)13(11)12/h4-9H2,1-3H3. The minimum Gasteiger partial charge on any atom is -0.379 e. The maximum atomic E-state index is 11.8. The smallest absolute Gasteiger partial charge is 0.154 e. The van der Waals surface area contributed by atoms with Crippen molar-refractivity contribution in [3.8, 4) is 0 Å². The van der Waals surface area contributed by atoms with Gasteiger partial charge in [-0.2, -0.15) is 0 Å². The predicted octanol–water partition coefficient (Wildman–Crippen LogP) is 1.84. The van der Waals surface area contributed by atoms with E-state index in [0.29, 0.717) is 19.8 Å². The summed E-state index contributed by atoms with van der Waals surface area (Å²) in [7, 11) is -3.25. The quantitative estimate of drug-likeness (QED) is 0.454. The molecule has 0 amide bonds. The molecule has 0 saturated heterocycles. The molecule has 8 heteroatoms. The van der Waals surface area contributed by atoms with Crippen LogP contribution in [0.15, 0.2) is 0 Å². The van der Waals surface area contributed by atoms with Gasteiger partial charge in [0.1, 0.15) is 0 Å². The van der Waals surface area contributed by atoms with Gasteiger partial charge < -0.3 is 9.47 Å². The van der Waals surface area contributed by atoms with Crippen molar-refractivity contribution in [3.05, 3.63) is 0 Å². The third-order valence-corrected chi connectivity index (χ3v) is 5.00. The van der Waals surface area contributed by atoms with E-state index in [1.807, 2.05) is 6.92 Å². The molecule has 0 rings (SSSR count). The monoisotopic (exact) mass is 321 g/mol. The van der Waals surface area contributed by atoms with E-state index in [9.17, 15) is 8.42 Å². The first-order valence-electron chi connectivity index (χ1n) is 5.69. The number of sulfone groups is 1. The average molecular weight is 322 g/mol. The van der Waals surface area contributed by atoms with E-state index in [0.717, 1.165) is 3.94 Å². The molecule has 0 aromatic rings. The van der Waals surface area contributed by atoms with Crippen LogP contribution in [0.25, 0.3) is 0 Å². The Balaban J connectivity index is 3.95. The maximum Gasteiger partial charge on any atom is 0.154 e. The van der Waals surface area contributed by atoms with E-state index in [1.165, 1.54) is 0 Å². The summed E-state index contributed by atoms with van der Waals surface area (Å²) in [5.74, 6) is -0.175. The summed E-state index contributed by atoms with van der Waals surface area (Å²) in [4.78, 5) is 0. The first-order valence-corrected chi connectivity index (χ1v) is 8.19. The van der Waals surface area contributed by atoms with Crippen molar-refractivity contribution in [2.45, 2.75) is 26.3 Å². The summed E-state index contributed by atoms with van der Waals surface area (Å²) in [5, 5.41) is 0. The second-order valence-electron chi connectivity index (χ2n) is 4.45. The maximum absolute atomic E-state index is 11.8. The Bertz CT molecular complexity index is 320. The Labute approximate surface area is 119 Å². The number of hydrogen-bond donors (Lipinski definition) is 0. The zero-order valence-electron chi connectivity index (χ0n) is 11.0. The summed E-state index contributed by atoms with van der Waals surface area (Å²) >= 11 is 11.2. The van der Waals surface area contributed by atoms with Crippen LogP contribution in [0.2, 0.25) is 0 Å². The summed E-state index contributed by atoms with van der Waals surface area (Å²) in [6.07, 6.45) is 0. The molecule has 18 heavy (non-hydrogen) atoms. The molecule has 0 aliphatic carbocycles. The van der Waals surface area contributed by atoms with Crippen molar-refractivity contribution in [2.24, 2.45) is 0 Å². The van der Waals surface area contributed by atoms with Crippen molar-refractivity contribution in [2.75, 3.05) is 37.9 Å². The van der Waals surface area contributed by atoms with Gasteiger partial charge in [-0.3, -0.25) is 0 Å². The summed E-state index contributed by atoms with van der Waals surface area (Å²) in [6, 6.07) is 0. The zero-order valence-corrected chi connectivity index (χ0v) is 13.3. The lowest BCUT2D eigenvalue weighted by molar-refractivity contribution is 0.0590. The molecule has 0 saturated carbocycles. The van der Waals surface area contributed by atoms with Crippen molar-refractivity contribution >= 4 is 33.4 Å². The van der Waals surface area contributed by atoms with Crippen LogP contribution in [0.1, 0.15) is 20.8 Å². The Morgan fingerprint density at radius 2 is 1.67 bits per heavy atom. The van der Waals surface area contributed by atoms with E-state index in [2.05, 4.69) is 0 Å². The number of hydrogen-bond acceptors (Lipinski definition) is 5. The van der Waals surface area contributed by atoms with Gasteiger partial charge in [0.2, 0.25) is 0 Å². The predicted molar refractivity (Wildman–Crippen MR) is 73.6 cm³/mol. The molecular formula is C10H21Cl2NO4S. The van der Waals surface area contributed by atoms with Crippen LogP contribution in [0.5, 0.6) is 0 Å². The van der Waals surface area contributed by atoms with E-state index in [-0.39, 0.29) is 18.1 Å². The lowest BCUT2D eigenvalue weighted by Gasteiger charge is -2.26. The highest BCUT2D eigenvalue weighted by atomic mass is 35.5. The molecule has 0 spiro atoms. The molecule has 0 heterocycles. The lowest BCUT2D eigenvalue weighted by Crippen LogP contribution is -2.40. The van der Waals surface area contributed by atoms with Crippen LogP contribution in [0.4, 0.5) is 0 Å². The summed E-state index contributed by atoms with van der Waals surface area (Å²) in [5.41, 5.74) is -0.826. The van der Waals surface area contributed by atoms with E-state index < -0.39 is 15.4 Å². The van der Waals surface area contributed by atoms with Crippen molar-refractivity contribution in [1.82, 2.24) is 3.94 Å². The molecule has 0 unspecified atom stereocenters. The van der Waals surface area contributed by atoms with Crippen molar-refractivity contribution in [1.29, 1.82) is 0 Å². The Morgan fingerprint density at radius 1 is 1.11 bits per heavy atom. The van der Waals surface area contributed by atoms with Gasteiger partial charge in [-0.1, -0.05) is 0 Å². The normalized spacial score (nSPS) is 13.2. The molecule has 0 radical (unpaired) electrons. The number of halogens is 2. The first kappa shape index (κ1) is 18.4. The number of ether oxygens (including phenoxy) is 2. The minimum absolute atomic E-state index is 0.0514. The fourth-order valence-electron chi connectivity index (χ4n) is 1.21. The lowest BCUT2D eigenvalue weighted by atomic mass is 10.1. The first-order chi connectivity index (χ1) is 8.21. The summed E-state index contributed by atoms with van der Waals surface area (Å²) < 4.78 is 34.7. The minimum atomic E-state index is -3.25. The van der Waals surface area contributed by atoms with Crippen LogP contribution in [0, 0.1) is 0 Å². The Morgan fingerprint density at radius 3 is 2.17 bits per heavy atom. The van der Waals surface area contributed by atoms with Gasteiger partial charge in [-0.15, -0.1) is 3.94 Å². The van der Waals surface area contributed by atoms with Gasteiger partial charge in [0.05, 0.1) is 36.9 Å². The molecule has 0 aliphatic rings. The largest absolute Gasteiger partial charge is 0.379 e. The molecule has 0 bridgehead atoms. The highest BCUT2D eigenvalue weighted by Crippen LogP contribution is 2.21. The second-order valence-corrected chi connectivity index (χ2v) is 7.48. The van der Waals surface area contributed by atoms with Gasteiger partial charge in [-0.05, 0) is 44.3 Å². The molecule has 0 fully saturated rings.